The van der Waals surface area contributed by atoms with Gasteiger partial charge in [-0.1, -0.05) is 29.8 Å². The summed E-state index contributed by atoms with van der Waals surface area (Å²) in [6.45, 7) is 1.35. The second kappa shape index (κ2) is 6.15. The maximum Gasteiger partial charge on any atom is 0.262 e. The van der Waals surface area contributed by atoms with Gasteiger partial charge in [-0.15, -0.1) is 0 Å². The van der Waals surface area contributed by atoms with E-state index < -0.39 is 10.0 Å². The van der Waals surface area contributed by atoms with Gasteiger partial charge < -0.3 is 5.32 Å². The quantitative estimate of drug-likeness (QED) is 0.907. The van der Waals surface area contributed by atoms with Gasteiger partial charge in [-0.25, -0.2) is 8.42 Å². The molecule has 0 aromatic heterocycles. The Balaban J connectivity index is 2.32. The van der Waals surface area contributed by atoms with Gasteiger partial charge in [0.15, 0.2) is 0 Å². The summed E-state index contributed by atoms with van der Waals surface area (Å²) in [5.41, 5.74) is 0.702. The summed E-state index contributed by atoms with van der Waals surface area (Å²) in [6, 6.07) is 12.5. The molecule has 0 saturated heterocycles. The SMILES string of the molecule is CC(=O)Nc1cccc(S(=O)(=O)Nc2ccccc2Cl)c1. The highest BCUT2D eigenvalue weighted by Gasteiger charge is 2.16. The van der Waals surface area contributed by atoms with Crippen molar-refractivity contribution in [2.75, 3.05) is 10.0 Å². The van der Waals surface area contributed by atoms with Crippen LogP contribution < -0.4 is 10.0 Å². The Morgan fingerprint density at radius 1 is 1.10 bits per heavy atom. The third-order valence-electron chi connectivity index (χ3n) is 2.58. The normalized spacial score (nSPS) is 11.0. The van der Waals surface area contributed by atoms with Crippen molar-refractivity contribution < 1.29 is 13.2 Å². The summed E-state index contributed by atoms with van der Waals surface area (Å²) in [6.07, 6.45) is 0. The summed E-state index contributed by atoms with van der Waals surface area (Å²) >= 11 is 5.93. The molecule has 0 atom stereocenters. The molecule has 0 aliphatic carbocycles. The molecule has 0 aliphatic rings. The maximum atomic E-state index is 12.3. The first-order valence-corrected chi connectivity index (χ1v) is 7.89. The molecule has 0 unspecified atom stereocenters. The number of anilines is 2. The maximum absolute atomic E-state index is 12.3. The van der Waals surface area contributed by atoms with Crippen molar-refractivity contribution in [1.82, 2.24) is 0 Å². The highest BCUT2D eigenvalue weighted by molar-refractivity contribution is 7.92. The molecule has 21 heavy (non-hydrogen) atoms. The van der Waals surface area contributed by atoms with E-state index in [1.54, 1.807) is 36.4 Å². The summed E-state index contributed by atoms with van der Waals surface area (Å²) in [4.78, 5) is 11.1. The van der Waals surface area contributed by atoms with Crippen molar-refractivity contribution >= 4 is 38.9 Å². The minimum Gasteiger partial charge on any atom is -0.326 e. The summed E-state index contributed by atoms with van der Waals surface area (Å²) < 4.78 is 27.0. The number of carbonyl (C=O) groups is 1. The number of rotatable bonds is 4. The van der Waals surface area contributed by atoms with Gasteiger partial charge in [0.2, 0.25) is 5.91 Å². The Hall–Kier alpha value is -2.05. The number of benzene rings is 2. The monoisotopic (exact) mass is 324 g/mol. The molecule has 2 rings (SSSR count). The van der Waals surface area contributed by atoms with Crippen LogP contribution in [0.4, 0.5) is 11.4 Å². The van der Waals surface area contributed by atoms with Crippen LogP contribution in [0, 0.1) is 0 Å². The van der Waals surface area contributed by atoms with Gasteiger partial charge in [-0.2, -0.15) is 0 Å². The van der Waals surface area contributed by atoms with Gasteiger partial charge in [0.25, 0.3) is 10.0 Å². The molecule has 0 bridgehead atoms. The predicted octanol–water partition coefficient (Wildman–Crippen LogP) is 3.10. The van der Waals surface area contributed by atoms with Crippen molar-refractivity contribution in [2.24, 2.45) is 0 Å². The Morgan fingerprint density at radius 3 is 2.48 bits per heavy atom. The Labute approximate surface area is 128 Å². The number of sulfonamides is 1. The molecule has 0 heterocycles. The molecule has 2 aromatic rings. The first-order valence-electron chi connectivity index (χ1n) is 6.03. The van der Waals surface area contributed by atoms with E-state index in [-0.39, 0.29) is 10.8 Å². The molecule has 0 aliphatic heterocycles. The largest absolute Gasteiger partial charge is 0.326 e. The summed E-state index contributed by atoms with van der Waals surface area (Å²) in [5, 5.41) is 2.84. The van der Waals surface area contributed by atoms with Crippen LogP contribution in [0.15, 0.2) is 53.4 Å². The van der Waals surface area contributed by atoms with E-state index in [0.29, 0.717) is 16.4 Å². The second-order valence-corrected chi connectivity index (χ2v) is 6.38. The number of hydrogen-bond donors (Lipinski definition) is 2. The van der Waals surface area contributed by atoms with Crippen LogP contribution in [0.2, 0.25) is 5.02 Å². The lowest BCUT2D eigenvalue weighted by Gasteiger charge is -2.10. The van der Waals surface area contributed by atoms with Gasteiger partial charge in [-0.05, 0) is 30.3 Å². The Kier molecular flexibility index (Phi) is 4.50. The smallest absolute Gasteiger partial charge is 0.262 e. The van der Waals surface area contributed by atoms with Gasteiger partial charge in [-0.3, -0.25) is 9.52 Å². The minimum absolute atomic E-state index is 0.0358. The summed E-state index contributed by atoms with van der Waals surface area (Å²) in [7, 11) is -3.78. The lowest BCUT2D eigenvalue weighted by atomic mass is 10.3. The van der Waals surface area contributed by atoms with E-state index in [1.165, 1.54) is 19.1 Å². The molecular weight excluding hydrogens is 312 g/mol. The van der Waals surface area contributed by atoms with Crippen LogP contribution in [-0.4, -0.2) is 14.3 Å². The topological polar surface area (TPSA) is 75.3 Å². The van der Waals surface area contributed by atoms with Gasteiger partial charge in [0.1, 0.15) is 0 Å². The first kappa shape index (κ1) is 15.3. The zero-order valence-corrected chi connectivity index (χ0v) is 12.7. The van der Waals surface area contributed by atoms with Crippen LogP contribution in [0.3, 0.4) is 0 Å². The molecular formula is C14H13ClN2O3S. The van der Waals surface area contributed by atoms with E-state index in [0.717, 1.165) is 0 Å². The molecule has 0 radical (unpaired) electrons. The van der Waals surface area contributed by atoms with Crippen molar-refractivity contribution in [3.63, 3.8) is 0 Å². The number of nitrogens with one attached hydrogen (secondary N) is 2. The van der Waals surface area contributed by atoms with Crippen molar-refractivity contribution in [3.05, 3.63) is 53.6 Å². The van der Waals surface area contributed by atoms with Crippen molar-refractivity contribution in [1.29, 1.82) is 0 Å². The molecule has 2 N–H and O–H groups in total. The molecule has 7 heteroatoms. The number of para-hydroxylation sites is 1. The number of hydrogen-bond acceptors (Lipinski definition) is 3. The van der Waals surface area contributed by atoms with E-state index >= 15 is 0 Å². The number of carbonyl (C=O) groups excluding carboxylic acids is 1. The summed E-state index contributed by atoms with van der Waals surface area (Å²) in [5.74, 6) is -0.274. The van der Waals surface area contributed by atoms with Crippen molar-refractivity contribution in [2.45, 2.75) is 11.8 Å². The highest BCUT2D eigenvalue weighted by atomic mass is 35.5. The second-order valence-electron chi connectivity index (χ2n) is 4.29. The van der Waals surface area contributed by atoms with E-state index in [9.17, 15) is 13.2 Å². The van der Waals surface area contributed by atoms with Gasteiger partial charge in [0.05, 0.1) is 15.6 Å². The molecule has 0 saturated carbocycles. The molecule has 1 amide bonds. The van der Waals surface area contributed by atoms with Crippen LogP contribution in [0.1, 0.15) is 6.92 Å². The number of halogens is 1. The first-order chi connectivity index (χ1) is 9.88. The Morgan fingerprint density at radius 2 is 1.81 bits per heavy atom. The van der Waals surface area contributed by atoms with Crippen molar-refractivity contribution in [3.8, 4) is 0 Å². The average Bonchev–Trinajstić information content (AvgIpc) is 2.41. The Bertz CT molecular complexity index is 775. The van der Waals surface area contributed by atoms with Gasteiger partial charge >= 0.3 is 0 Å². The van der Waals surface area contributed by atoms with Gasteiger partial charge in [0, 0.05) is 12.6 Å². The van der Waals surface area contributed by atoms with E-state index in [4.69, 9.17) is 11.6 Å². The zero-order valence-electron chi connectivity index (χ0n) is 11.1. The standard InChI is InChI=1S/C14H13ClN2O3S/c1-10(18)16-11-5-4-6-12(9-11)21(19,20)17-14-8-3-2-7-13(14)15/h2-9,17H,1H3,(H,16,18). The van der Waals surface area contributed by atoms with Crippen LogP contribution >= 0.6 is 11.6 Å². The highest BCUT2D eigenvalue weighted by Crippen LogP contribution is 2.24. The minimum atomic E-state index is -3.78. The molecule has 0 spiro atoms. The lowest BCUT2D eigenvalue weighted by molar-refractivity contribution is -0.114. The predicted molar refractivity (Wildman–Crippen MR) is 83.0 cm³/mol. The fourth-order valence-corrected chi connectivity index (χ4v) is 3.06. The molecule has 5 nitrogen and oxygen atoms in total. The van der Waals surface area contributed by atoms with E-state index in [2.05, 4.69) is 10.0 Å². The van der Waals surface area contributed by atoms with Crippen LogP contribution in [0.5, 0.6) is 0 Å². The number of amides is 1. The molecule has 0 fully saturated rings. The third kappa shape index (κ3) is 3.96. The van der Waals surface area contributed by atoms with Crippen LogP contribution in [-0.2, 0) is 14.8 Å². The fourth-order valence-electron chi connectivity index (χ4n) is 1.69. The zero-order chi connectivity index (χ0) is 15.5. The third-order valence-corrected chi connectivity index (χ3v) is 4.28. The fraction of sp³-hybridized carbons (Fsp3) is 0.0714. The molecule has 2 aromatic carbocycles. The molecule has 110 valence electrons. The lowest BCUT2D eigenvalue weighted by Crippen LogP contribution is -2.14. The van der Waals surface area contributed by atoms with E-state index in [1.807, 2.05) is 0 Å². The van der Waals surface area contributed by atoms with Crippen LogP contribution in [0.25, 0.3) is 0 Å². The average molecular weight is 325 g/mol.